The maximum absolute atomic E-state index is 13.4. The maximum atomic E-state index is 13.4. The van der Waals surface area contributed by atoms with E-state index in [0.29, 0.717) is 35.5 Å². The number of ether oxygens (including phenoxy) is 1. The van der Waals surface area contributed by atoms with E-state index in [4.69, 9.17) is 4.74 Å². The van der Waals surface area contributed by atoms with Crippen molar-refractivity contribution in [1.82, 2.24) is 10.3 Å². The Morgan fingerprint density at radius 2 is 1.68 bits per heavy atom. The highest BCUT2D eigenvalue weighted by Crippen LogP contribution is 2.29. The van der Waals surface area contributed by atoms with Crippen LogP contribution in [0.4, 0.5) is 11.4 Å². The minimum atomic E-state index is -0.493. The molecule has 0 aliphatic rings. The molecule has 0 spiro atoms. The Morgan fingerprint density at radius 3 is 2.39 bits per heavy atom. The number of anilines is 2. The van der Waals surface area contributed by atoms with Crippen LogP contribution in [-0.2, 0) is 9.59 Å². The number of carbonyl (C=O) groups excluding carboxylic acids is 3. The van der Waals surface area contributed by atoms with Crippen molar-refractivity contribution < 1.29 is 19.1 Å². The molecule has 4 aromatic rings. The van der Waals surface area contributed by atoms with Crippen LogP contribution in [0.25, 0.3) is 6.08 Å². The molecule has 3 aromatic carbocycles. The highest BCUT2D eigenvalue weighted by molar-refractivity contribution is 8.00. The first-order valence-electron chi connectivity index (χ1n) is 14.5. The summed E-state index contributed by atoms with van der Waals surface area (Å²) >= 11 is 1.41. The van der Waals surface area contributed by atoms with Crippen molar-refractivity contribution in [3.8, 4) is 5.75 Å². The average molecular weight is 609 g/mol. The van der Waals surface area contributed by atoms with Crippen molar-refractivity contribution in [1.29, 1.82) is 0 Å². The monoisotopic (exact) mass is 608 g/mol. The highest BCUT2D eigenvalue weighted by Gasteiger charge is 2.19. The number of amides is 3. The molecule has 1 unspecified atom stereocenters. The lowest BCUT2D eigenvalue weighted by Gasteiger charge is -2.16. The van der Waals surface area contributed by atoms with E-state index >= 15 is 0 Å². The quantitative estimate of drug-likeness (QED) is 0.0795. The predicted molar refractivity (Wildman–Crippen MR) is 177 cm³/mol. The second kappa shape index (κ2) is 16.7. The molecule has 44 heavy (non-hydrogen) atoms. The van der Waals surface area contributed by atoms with Gasteiger partial charge in [0.1, 0.15) is 11.4 Å². The third kappa shape index (κ3) is 9.84. The van der Waals surface area contributed by atoms with E-state index < -0.39 is 11.8 Å². The van der Waals surface area contributed by atoms with Crippen LogP contribution in [0.5, 0.6) is 5.75 Å². The normalized spacial score (nSPS) is 11.7. The number of benzene rings is 3. The van der Waals surface area contributed by atoms with E-state index in [2.05, 4.69) is 27.9 Å². The molecule has 0 radical (unpaired) electrons. The number of hydrogen-bond donors (Lipinski definition) is 3. The molecule has 8 nitrogen and oxygen atoms in total. The summed E-state index contributed by atoms with van der Waals surface area (Å²) in [5.41, 5.74) is 2.38. The SMILES string of the molecule is CCCCOc1ccc(NC(=O)C(CC)Sc2cccc(NC(=O)/C(=C/c3cccnc3)NC(=O)c3ccccc3)c2)cc1. The van der Waals surface area contributed by atoms with Gasteiger partial charge in [0.05, 0.1) is 11.9 Å². The van der Waals surface area contributed by atoms with Gasteiger partial charge in [0.2, 0.25) is 5.91 Å². The Hall–Kier alpha value is -4.89. The van der Waals surface area contributed by atoms with Crippen molar-refractivity contribution >= 4 is 46.9 Å². The van der Waals surface area contributed by atoms with E-state index in [1.54, 1.807) is 60.9 Å². The fourth-order valence-corrected chi connectivity index (χ4v) is 5.11. The molecule has 1 aromatic heterocycles. The van der Waals surface area contributed by atoms with Gasteiger partial charge in [0, 0.05) is 34.2 Å². The number of unbranched alkanes of at least 4 members (excludes halogenated alkanes) is 1. The number of carbonyl (C=O) groups is 3. The van der Waals surface area contributed by atoms with E-state index in [-0.39, 0.29) is 16.9 Å². The van der Waals surface area contributed by atoms with Gasteiger partial charge in [-0.1, -0.05) is 50.6 Å². The van der Waals surface area contributed by atoms with E-state index in [0.717, 1.165) is 23.5 Å². The molecule has 9 heteroatoms. The minimum absolute atomic E-state index is 0.0671. The molecule has 0 fully saturated rings. The fourth-order valence-electron chi connectivity index (χ4n) is 4.09. The number of aromatic nitrogens is 1. The van der Waals surface area contributed by atoms with Crippen LogP contribution in [0.15, 0.2) is 114 Å². The largest absolute Gasteiger partial charge is 0.494 e. The van der Waals surface area contributed by atoms with Crippen molar-refractivity contribution in [3.05, 3.63) is 120 Å². The van der Waals surface area contributed by atoms with Gasteiger partial charge in [0.15, 0.2) is 0 Å². The standard InChI is InChI=1S/C35H36N4O4S/c1-3-5-21-43-29-18-16-27(17-19-29)37-35(42)32(4-2)44-30-15-9-14-28(23-30)38-34(41)31(22-25-11-10-20-36-24-25)39-33(40)26-12-7-6-8-13-26/h6-20,22-24,32H,3-5,21H2,1-2H3,(H,37,42)(H,38,41)(H,39,40)/b31-22-. The van der Waals surface area contributed by atoms with E-state index in [1.807, 2.05) is 55.5 Å². The van der Waals surface area contributed by atoms with Crippen molar-refractivity contribution in [2.75, 3.05) is 17.2 Å². The zero-order valence-electron chi connectivity index (χ0n) is 24.8. The van der Waals surface area contributed by atoms with Crippen LogP contribution in [0.3, 0.4) is 0 Å². The molecule has 3 N–H and O–H groups in total. The summed E-state index contributed by atoms with van der Waals surface area (Å²) in [6.07, 6.45) is 7.47. The molecular weight excluding hydrogens is 572 g/mol. The first-order valence-corrected chi connectivity index (χ1v) is 15.4. The molecule has 1 atom stereocenters. The number of nitrogens with zero attached hydrogens (tertiary/aromatic N) is 1. The molecule has 3 amide bonds. The summed E-state index contributed by atoms with van der Waals surface area (Å²) in [4.78, 5) is 44.3. The Bertz CT molecular complexity index is 1560. The van der Waals surface area contributed by atoms with Crippen LogP contribution in [-0.4, -0.2) is 34.6 Å². The van der Waals surface area contributed by atoms with Crippen LogP contribution in [0.2, 0.25) is 0 Å². The number of pyridine rings is 1. The number of rotatable bonds is 14. The van der Waals surface area contributed by atoms with E-state index in [9.17, 15) is 14.4 Å². The van der Waals surface area contributed by atoms with Gasteiger partial charge in [0.25, 0.3) is 11.8 Å². The van der Waals surface area contributed by atoms with Gasteiger partial charge < -0.3 is 20.7 Å². The summed E-state index contributed by atoms with van der Waals surface area (Å²) in [6.45, 7) is 4.74. The van der Waals surface area contributed by atoms with Crippen LogP contribution < -0.4 is 20.7 Å². The first-order chi connectivity index (χ1) is 21.4. The predicted octanol–water partition coefficient (Wildman–Crippen LogP) is 7.18. The lowest BCUT2D eigenvalue weighted by molar-refractivity contribution is -0.116. The van der Waals surface area contributed by atoms with Crippen LogP contribution in [0, 0.1) is 0 Å². The topological polar surface area (TPSA) is 109 Å². The number of thioether (sulfide) groups is 1. The van der Waals surface area contributed by atoms with E-state index in [1.165, 1.54) is 11.8 Å². The average Bonchev–Trinajstić information content (AvgIpc) is 3.05. The Balaban J connectivity index is 1.42. The van der Waals surface area contributed by atoms with Gasteiger partial charge in [-0.05, 0) is 85.1 Å². The zero-order chi connectivity index (χ0) is 31.1. The maximum Gasteiger partial charge on any atom is 0.272 e. The van der Waals surface area contributed by atoms with Gasteiger partial charge in [-0.25, -0.2) is 0 Å². The van der Waals surface area contributed by atoms with Crippen LogP contribution in [0.1, 0.15) is 49.0 Å². The van der Waals surface area contributed by atoms with Crippen molar-refractivity contribution in [2.24, 2.45) is 0 Å². The Labute approximate surface area is 262 Å². The summed E-state index contributed by atoms with van der Waals surface area (Å²) in [5, 5.41) is 8.24. The smallest absolute Gasteiger partial charge is 0.272 e. The third-order valence-electron chi connectivity index (χ3n) is 6.45. The van der Waals surface area contributed by atoms with Gasteiger partial charge >= 0.3 is 0 Å². The lowest BCUT2D eigenvalue weighted by atomic mass is 10.2. The Morgan fingerprint density at radius 1 is 0.886 bits per heavy atom. The molecule has 226 valence electrons. The zero-order valence-corrected chi connectivity index (χ0v) is 25.6. The molecule has 4 rings (SSSR count). The fraction of sp³-hybridized carbons (Fsp3) is 0.200. The molecular formula is C35H36N4O4S. The summed E-state index contributed by atoms with van der Waals surface area (Å²) in [7, 11) is 0. The second-order valence-electron chi connectivity index (χ2n) is 9.88. The first kappa shape index (κ1) is 32.0. The summed E-state index contributed by atoms with van der Waals surface area (Å²) in [6, 6.07) is 26.9. The van der Waals surface area contributed by atoms with Gasteiger partial charge in [-0.2, -0.15) is 0 Å². The minimum Gasteiger partial charge on any atom is -0.494 e. The molecule has 0 bridgehead atoms. The molecule has 0 saturated heterocycles. The van der Waals surface area contributed by atoms with Gasteiger partial charge in [-0.3, -0.25) is 19.4 Å². The molecule has 0 saturated carbocycles. The van der Waals surface area contributed by atoms with Crippen LogP contribution >= 0.6 is 11.8 Å². The van der Waals surface area contributed by atoms with Crippen molar-refractivity contribution in [3.63, 3.8) is 0 Å². The Kier molecular flexibility index (Phi) is 12.1. The summed E-state index contributed by atoms with van der Waals surface area (Å²) < 4.78 is 5.70. The second-order valence-corrected chi connectivity index (χ2v) is 11.2. The number of nitrogens with one attached hydrogen (secondary N) is 3. The molecule has 1 heterocycles. The lowest BCUT2D eigenvalue weighted by Crippen LogP contribution is -2.30. The molecule has 0 aliphatic carbocycles. The number of hydrogen-bond acceptors (Lipinski definition) is 6. The highest BCUT2D eigenvalue weighted by atomic mass is 32.2. The third-order valence-corrected chi connectivity index (χ3v) is 7.80. The summed E-state index contributed by atoms with van der Waals surface area (Å²) in [5.74, 6) is -0.241. The molecule has 0 aliphatic heterocycles. The van der Waals surface area contributed by atoms with Crippen molar-refractivity contribution in [2.45, 2.75) is 43.3 Å². The van der Waals surface area contributed by atoms with Gasteiger partial charge in [-0.15, -0.1) is 11.8 Å².